The maximum Gasteiger partial charge on any atom is 0.336 e. The number of carbonyl (C=O) groups excluding carboxylic acids is 1. The number of rotatable bonds is 6. The number of fused-ring (bicyclic) bond motifs is 1. The molecule has 0 bridgehead atoms. The van der Waals surface area contributed by atoms with E-state index in [-0.39, 0.29) is 42.0 Å². The molecule has 3 rings (SSSR count). The summed E-state index contributed by atoms with van der Waals surface area (Å²) in [5, 5.41) is 31.6. The van der Waals surface area contributed by atoms with Crippen molar-refractivity contribution in [2.24, 2.45) is 5.92 Å². The van der Waals surface area contributed by atoms with E-state index in [0.717, 1.165) is 0 Å². The summed E-state index contributed by atoms with van der Waals surface area (Å²) < 4.78 is 15.5. The minimum Gasteiger partial charge on any atom is -0.502 e. The Morgan fingerprint density at radius 1 is 1.30 bits per heavy atom. The predicted molar refractivity (Wildman–Crippen MR) is 94.6 cm³/mol. The van der Waals surface area contributed by atoms with Crippen molar-refractivity contribution < 1.29 is 34.0 Å². The van der Waals surface area contributed by atoms with Crippen molar-refractivity contribution in [2.75, 3.05) is 6.61 Å². The quantitative estimate of drug-likeness (QED) is 0.508. The number of aromatic hydroxyl groups is 1. The first-order valence-electron chi connectivity index (χ1n) is 8.67. The lowest BCUT2D eigenvalue weighted by Gasteiger charge is -2.30. The monoisotopic (exact) mass is 378 g/mol. The summed E-state index contributed by atoms with van der Waals surface area (Å²) in [6.45, 7) is 2.86. The van der Waals surface area contributed by atoms with Crippen molar-refractivity contribution in [1.82, 2.24) is 0 Å². The molecule has 0 spiro atoms. The second kappa shape index (κ2) is 7.21. The summed E-state index contributed by atoms with van der Waals surface area (Å²) in [6, 6.07) is 5.81. The molecule has 0 amide bonds. The number of aliphatic hydroxyl groups is 2. The smallest absolute Gasteiger partial charge is 0.336 e. The average Bonchev–Trinajstić information content (AvgIpc) is 2.91. The molecule has 0 aliphatic carbocycles. The van der Waals surface area contributed by atoms with Gasteiger partial charge in [0, 0.05) is 17.9 Å². The van der Waals surface area contributed by atoms with Crippen LogP contribution >= 0.6 is 0 Å². The number of hydrogen-bond acceptors (Lipinski definition) is 8. The highest BCUT2D eigenvalue weighted by molar-refractivity contribution is 5.84. The summed E-state index contributed by atoms with van der Waals surface area (Å²) in [4.78, 5) is 22.8. The Bertz CT molecular complexity index is 900. The third-order valence-electron chi connectivity index (χ3n) is 4.78. The molecule has 8 heteroatoms. The van der Waals surface area contributed by atoms with Gasteiger partial charge in [-0.15, -0.1) is 0 Å². The van der Waals surface area contributed by atoms with E-state index in [4.69, 9.17) is 13.9 Å². The highest BCUT2D eigenvalue weighted by atomic mass is 16.6. The van der Waals surface area contributed by atoms with Crippen LogP contribution in [0.5, 0.6) is 11.5 Å². The lowest BCUT2D eigenvalue weighted by atomic mass is 9.90. The number of hydrogen-bond donors (Lipinski definition) is 3. The fourth-order valence-corrected chi connectivity index (χ4v) is 3.11. The first-order valence-corrected chi connectivity index (χ1v) is 8.67. The first-order chi connectivity index (χ1) is 12.7. The van der Waals surface area contributed by atoms with Crippen molar-refractivity contribution in [3.05, 3.63) is 34.7 Å². The number of carbonyl (C=O) groups is 1. The fraction of sp³-hybridized carbons (Fsp3) is 0.474. The van der Waals surface area contributed by atoms with E-state index >= 15 is 0 Å². The van der Waals surface area contributed by atoms with Gasteiger partial charge >= 0.3 is 11.6 Å². The SMILES string of the molecule is C[C@@H]1C[C@H](C[C@](C)(O)[C@@H](O)COc2ccc3ccc(=O)oc3c2O)OC1=O. The number of esters is 1. The Labute approximate surface area is 154 Å². The topological polar surface area (TPSA) is 126 Å². The zero-order valence-electron chi connectivity index (χ0n) is 15.0. The van der Waals surface area contributed by atoms with Crippen molar-refractivity contribution in [3.63, 3.8) is 0 Å². The first kappa shape index (κ1) is 19.2. The van der Waals surface area contributed by atoms with Gasteiger partial charge in [-0.05, 0) is 31.5 Å². The zero-order valence-corrected chi connectivity index (χ0v) is 15.0. The van der Waals surface area contributed by atoms with Gasteiger partial charge in [0.1, 0.15) is 18.8 Å². The molecule has 1 aromatic heterocycles. The molecule has 0 saturated carbocycles. The second-order valence-electron chi connectivity index (χ2n) is 7.17. The molecule has 2 heterocycles. The molecule has 1 aliphatic heterocycles. The van der Waals surface area contributed by atoms with Gasteiger partial charge < -0.3 is 29.2 Å². The highest BCUT2D eigenvalue weighted by Gasteiger charge is 2.39. The van der Waals surface area contributed by atoms with E-state index in [9.17, 15) is 24.9 Å². The van der Waals surface area contributed by atoms with Gasteiger partial charge in [-0.2, -0.15) is 0 Å². The molecule has 27 heavy (non-hydrogen) atoms. The van der Waals surface area contributed by atoms with E-state index in [0.29, 0.717) is 11.8 Å². The van der Waals surface area contributed by atoms with Gasteiger partial charge in [0.25, 0.3) is 0 Å². The van der Waals surface area contributed by atoms with E-state index in [1.807, 2.05) is 0 Å². The minimum atomic E-state index is -1.56. The minimum absolute atomic E-state index is 0.00705. The van der Waals surface area contributed by atoms with Gasteiger partial charge in [0.15, 0.2) is 11.3 Å². The fourth-order valence-electron chi connectivity index (χ4n) is 3.11. The summed E-state index contributed by atoms with van der Waals surface area (Å²) in [7, 11) is 0. The molecular weight excluding hydrogens is 356 g/mol. The van der Waals surface area contributed by atoms with Crippen molar-refractivity contribution in [3.8, 4) is 11.5 Å². The van der Waals surface area contributed by atoms with E-state index in [2.05, 4.69) is 0 Å². The Morgan fingerprint density at radius 3 is 2.67 bits per heavy atom. The third-order valence-corrected chi connectivity index (χ3v) is 4.78. The molecule has 1 aromatic carbocycles. The van der Waals surface area contributed by atoms with E-state index in [1.165, 1.54) is 25.1 Å². The Balaban J connectivity index is 1.67. The van der Waals surface area contributed by atoms with Crippen LogP contribution < -0.4 is 10.4 Å². The molecule has 0 unspecified atom stereocenters. The molecule has 1 aliphatic rings. The maximum absolute atomic E-state index is 11.5. The average molecular weight is 378 g/mol. The lowest BCUT2D eigenvalue weighted by Crippen LogP contribution is -2.45. The molecule has 3 N–H and O–H groups in total. The molecule has 146 valence electrons. The summed E-state index contributed by atoms with van der Waals surface area (Å²) >= 11 is 0. The number of phenolic OH excluding ortho intramolecular Hbond substituents is 1. The van der Waals surface area contributed by atoms with Gasteiger partial charge in [0.05, 0.1) is 11.5 Å². The number of phenols is 1. The molecule has 0 radical (unpaired) electrons. The Hall–Kier alpha value is -2.58. The Morgan fingerprint density at radius 2 is 2.00 bits per heavy atom. The van der Waals surface area contributed by atoms with Crippen LogP contribution in [0.3, 0.4) is 0 Å². The molecule has 2 aromatic rings. The van der Waals surface area contributed by atoms with Crippen LogP contribution in [0.4, 0.5) is 0 Å². The van der Waals surface area contributed by atoms with Crippen molar-refractivity contribution in [2.45, 2.75) is 44.5 Å². The standard InChI is InChI=1S/C19H22O8/c1-10-7-12(26-18(10)23)8-19(2,24)14(20)9-25-13-5-3-11-4-6-15(21)27-17(11)16(13)22/h3-6,10,12,14,20,22,24H,7-9H2,1-2H3/t10-,12-,14+,19+/m1/s1. The molecule has 4 atom stereocenters. The zero-order chi connectivity index (χ0) is 19.8. The number of ether oxygens (including phenoxy) is 2. The van der Waals surface area contributed by atoms with Crippen LogP contribution in [0.2, 0.25) is 0 Å². The number of cyclic esters (lactones) is 1. The normalized spacial score (nSPS) is 23.0. The molecule has 8 nitrogen and oxygen atoms in total. The van der Waals surface area contributed by atoms with Gasteiger partial charge in [-0.3, -0.25) is 4.79 Å². The van der Waals surface area contributed by atoms with Crippen LogP contribution in [0.25, 0.3) is 11.0 Å². The third kappa shape index (κ3) is 4.06. The second-order valence-corrected chi connectivity index (χ2v) is 7.17. The van der Waals surface area contributed by atoms with Crippen LogP contribution in [0.1, 0.15) is 26.7 Å². The van der Waals surface area contributed by atoms with Crippen LogP contribution in [-0.4, -0.2) is 45.7 Å². The van der Waals surface area contributed by atoms with Crippen molar-refractivity contribution in [1.29, 1.82) is 0 Å². The Kier molecular flexibility index (Phi) is 5.12. The molecule has 1 fully saturated rings. The van der Waals surface area contributed by atoms with Crippen LogP contribution in [-0.2, 0) is 9.53 Å². The van der Waals surface area contributed by atoms with Crippen LogP contribution in [0.15, 0.2) is 33.5 Å². The van der Waals surface area contributed by atoms with Gasteiger partial charge in [-0.1, -0.05) is 6.92 Å². The van der Waals surface area contributed by atoms with Crippen LogP contribution in [0, 0.1) is 5.92 Å². The van der Waals surface area contributed by atoms with Gasteiger partial charge in [-0.25, -0.2) is 4.79 Å². The largest absolute Gasteiger partial charge is 0.502 e. The van der Waals surface area contributed by atoms with Gasteiger partial charge in [0.2, 0.25) is 5.75 Å². The van der Waals surface area contributed by atoms with Crippen molar-refractivity contribution >= 4 is 16.9 Å². The lowest BCUT2D eigenvalue weighted by molar-refractivity contribution is -0.148. The summed E-state index contributed by atoms with van der Waals surface area (Å²) in [5.74, 6) is -0.907. The number of aliphatic hydroxyl groups excluding tert-OH is 1. The van der Waals surface area contributed by atoms with E-state index in [1.54, 1.807) is 13.0 Å². The summed E-state index contributed by atoms with van der Waals surface area (Å²) in [5.41, 5.74) is -2.19. The molecular formula is C19H22O8. The number of benzene rings is 1. The van der Waals surface area contributed by atoms with E-state index < -0.39 is 23.4 Å². The predicted octanol–water partition coefficient (Wildman–Crippen LogP) is 1.33. The highest BCUT2D eigenvalue weighted by Crippen LogP contribution is 2.34. The summed E-state index contributed by atoms with van der Waals surface area (Å²) in [6.07, 6.45) is -1.23. The molecule has 1 saturated heterocycles. The maximum atomic E-state index is 11.5.